The summed E-state index contributed by atoms with van der Waals surface area (Å²) in [5.41, 5.74) is 2.97. The van der Waals surface area contributed by atoms with Crippen molar-refractivity contribution in [3.63, 3.8) is 0 Å². The summed E-state index contributed by atoms with van der Waals surface area (Å²) in [6.45, 7) is 2.19. The van der Waals surface area contributed by atoms with E-state index in [2.05, 4.69) is 43.3 Å². The lowest BCUT2D eigenvalue weighted by Gasteiger charge is -2.29. The largest absolute Gasteiger partial charge is 0.488 e. The fourth-order valence-electron chi connectivity index (χ4n) is 3.08. The van der Waals surface area contributed by atoms with E-state index in [1.54, 1.807) is 0 Å². The molecule has 0 amide bonds. The van der Waals surface area contributed by atoms with Crippen LogP contribution in [0.15, 0.2) is 41.0 Å². The van der Waals surface area contributed by atoms with Crippen molar-refractivity contribution in [2.75, 3.05) is 20.1 Å². The normalized spacial score (nSPS) is 17.4. The molecule has 0 atom stereocenters. The molecule has 3 aromatic rings. The number of rotatable bonds is 2. The Morgan fingerprint density at radius 2 is 2.00 bits per heavy atom. The Morgan fingerprint density at radius 3 is 2.82 bits per heavy atom. The van der Waals surface area contributed by atoms with Gasteiger partial charge in [0.05, 0.1) is 5.52 Å². The first-order valence-corrected chi connectivity index (χ1v) is 8.41. The Labute approximate surface area is 137 Å². The molecule has 1 aliphatic rings. The summed E-state index contributed by atoms with van der Waals surface area (Å²) in [5.74, 6) is 0.928. The van der Waals surface area contributed by atoms with Gasteiger partial charge in [-0.25, -0.2) is 4.98 Å². The number of hydrogen-bond donors (Lipinski definition) is 0. The highest BCUT2D eigenvalue weighted by Crippen LogP contribution is 2.29. The summed E-state index contributed by atoms with van der Waals surface area (Å²) in [4.78, 5) is 7.03. The van der Waals surface area contributed by atoms with E-state index in [9.17, 15) is 0 Å². The lowest BCUT2D eigenvalue weighted by molar-refractivity contribution is 0.115. The maximum Gasteiger partial charge on any atom is 0.145 e. The third kappa shape index (κ3) is 2.48. The highest BCUT2D eigenvalue weighted by atomic mass is 79.9. The van der Waals surface area contributed by atoms with Crippen LogP contribution in [-0.4, -0.2) is 40.5 Å². The summed E-state index contributed by atoms with van der Waals surface area (Å²) in [7, 11) is 2.17. The lowest BCUT2D eigenvalue weighted by Crippen LogP contribution is -2.35. The second-order valence-electron chi connectivity index (χ2n) is 5.93. The number of fused-ring (bicyclic) bond motifs is 3. The van der Waals surface area contributed by atoms with Gasteiger partial charge in [-0.2, -0.15) is 0 Å². The van der Waals surface area contributed by atoms with Crippen molar-refractivity contribution in [1.82, 2.24) is 14.3 Å². The molecule has 0 spiro atoms. The molecule has 22 heavy (non-hydrogen) atoms. The van der Waals surface area contributed by atoms with Gasteiger partial charge < -0.3 is 9.64 Å². The first-order valence-electron chi connectivity index (χ1n) is 7.62. The third-order valence-electron chi connectivity index (χ3n) is 4.30. The minimum absolute atomic E-state index is 0.291. The number of nitrogens with zero attached hydrogens (tertiary/aromatic N) is 3. The lowest BCUT2D eigenvalue weighted by atomic mass is 10.1. The van der Waals surface area contributed by atoms with Gasteiger partial charge in [-0.05, 0) is 60.1 Å². The average Bonchev–Trinajstić information content (AvgIpc) is 2.88. The van der Waals surface area contributed by atoms with Crippen LogP contribution in [0.1, 0.15) is 12.8 Å². The summed E-state index contributed by atoms with van der Waals surface area (Å²) >= 11 is 3.54. The molecule has 0 saturated carbocycles. The maximum atomic E-state index is 6.32. The van der Waals surface area contributed by atoms with Crippen molar-refractivity contribution in [1.29, 1.82) is 0 Å². The molecule has 0 radical (unpaired) electrons. The van der Waals surface area contributed by atoms with Gasteiger partial charge in [0.15, 0.2) is 0 Å². The first-order chi connectivity index (χ1) is 10.7. The van der Waals surface area contributed by atoms with E-state index < -0.39 is 0 Å². The van der Waals surface area contributed by atoms with E-state index in [1.165, 1.54) is 0 Å². The Kier molecular flexibility index (Phi) is 3.54. The molecule has 2 aromatic heterocycles. The number of aromatic nitrogens is 2. The molecule has 4 nitrogen and oxygen atoms in total. The molecule has 5 heteroatoms. The third-order valence-corrected chi connectivity index (χ3v) is 4.77. The van der Waals surface area contributed by atoms with Crippen LogP contribution in [0, 0.1) is 0 Å². The number of para-hydroxylation sites is 1. The van der Waals surface area contributed by atoms with Crippen molar-refractivity contribution in [3.8, 4) is 5.75 Å². The average molecular weight is 360 g/mol. The molecule has 1 saturated heterocycles. The zero-order valence-corrected chi connectivity index (χ0v) is 14.1. The van der Waals surface area contributed by atoms with Gasteiger partial charge in [-0.3, -0.25) is 4.40 Å². The fourth-order valence-corrected chi connectivity index (χ4v) is 3.42. The van der Waals surface area contributed by atoms with Crippen LogP contribution < -0.4 is 4.74 Å². The smallest absolute Gasteiger partial charge is 0.145 e. The van der Waals surface area contributed by atoms with Gasteiger partial charge in [-0.1, -0.05) is 6.07 Å². The van der Waals surface area contributed by atoms with Crippen molar-refractivity contribution < 1.29 is 4.74 Å². The second kappa shape index (κ2) is 5.56. The van der Waals surface area contributed by atoms with Gasteiger partial charge in [0.2, 0.25) is 0 Å². The van der Waals surface area contributed by atoms with Gasteiger partial charge in [0, 0.05) is 23.8 Å². The van der Waals surface area contributed by atoms with Crippen molar-refractivity contribution in [2.45, 2.75) is 18.9 Å². The van der Waals surface area contributed by atoms with Gasteiger partial charge in [-0.15, -0.1) is 0 Å². The summed E-state index contributed by atoms with van der Waals surface area (Å²) in [5, 5.41) is 0. The molecule has 0 unspecified atom stereocenters. The quantitative estimate of drug-likeness (QED) is 0.698. The van der Waals surface area contributed by atoms with Crippen LogP contribution in [-0.2, 0) is 0 Å². The number of imidazole rings is 1. The van der Waals surface area contributed by atoms with E-state index >= 15 is 0 Å². The predicted octanol–water partition coefficient (Wildman–Crippen LogP) is 3.72. The summed E-state index contributed by atoms with van der Waals surface area (Å²) in [6, 6.07) is 10.1. The van der Waals surface area contributed by atoms with Crippen molar-refractivity contribution >= 4 is 32.6 Å². The van der Waals surface area contributed by atoms with E-state index in [0.29, 0.717) is 6.10 Å². The van der Waals surface area contributed by atoms with Crippen molar-refractivity contribution in [2.24, 2.45) is 0 Å². The van der Waals surface area contributed by atoms with Crippen LogP contribution in [0.4, 0.5) is 0 Å². The predicted molar refractivity (Wildman–Crippen MR) is 91.5 cm³/mol. The summed E-state index contributed by atoms with van der Waals surface area (Å²) < 4.78 is 9.46. The number of benzene rings is 1. The van der Waals surface area contributed by atoms with E-state index in [0.717, 1.165) is 52.8 Å². The minimum atomic E-state index is 0.291. The van der Waals surface area contributed by atoms with Crippen LogP contribution in [0.5, 0.6) is 5.75 Å². The van der Waals surface area contributed by atoms with Crippen LogP contribution in [0.3, 0.4) is 0 Å². The monoisotopic (exact) mass is 359 g/mol. The molecule has 1 aromatic carbocycles. The molecule has 0 aliphatic carbocycles. The fraction of sp³-hybridized carbons (Fsp3) is 0.353. The first kappa shape index (κ1) is 14.0. The highest BCUT2D eigenvalue weighted by molar-refractivity contribution is 9.10. The van der Waals surface area contributed by atoms with E-state index in [1.807, 2.05) is 30.5 Å². The van der Waals surface area contributed by atoms with Crippen LogP contribution in [0.25, 0.3) is 16.7 Å². The molecule has 1 aliphatic heterocycles. The molecule has 114 valence electrons. The van der Waals surface area contributed by atoms with E-state index in [-0.39, 0.29) is 0 Å². The zero-order chi connectivity index (χ0) is 15.1. The molecule has 0 bridgehead atoms. The van der Waals surface area contributed by atoms with Gasteiger partial charge >= 0.3 is 0 Å². The number of pyridine rings is 1. The molecule has 0 N–H and O–H groups in total. The maximum absolute atomic E-state index is 6.32. The van der Waals surface area contributed by atoms with Crippen LogP contribution in [0.2, 0.25) is 0 Å². The van der Waals surface area contributed by atoms with Crippen LogP contribution >= 0.6 is 15.9 Å². The number of ether oxygens (including phenoxy) is 1. The number of likely N-dealkylation sites (tertiary alicyclic amines) is 1. The van der Waals surface area contributed by atoms with E-state index in [4.69, 9.17) is 4.74 Å². The Balaban J connectivity index is 1.76. The molecular weight excluding hydrogens is 342 g/mol. The minimum Gasteiger partial charge on any atom is -0.488 e. The topological polar surface area (TPSA) is 29.8 Å². The Morgan fingerprint density at radius 1 is 1.18 bits per heavy atom. The summed E-state index contributed by atoms with van der Waals surface area (Å²) in [6.07, 6.45) is 4.49. The zero-order valence-electron chi connectivity index (χ0n) is 12.5. The molecule has 1 fully saturated rings. The molecular formula is C17H18BrN3O. The number of halogens is 1. The standard InChI is InChI=1S/C17H18BrN3O/c1-20-9-7-13(8-10-20)22-15-4-2-3-14-17(15)21-11-12(18)5-6-16(21)19-14/h2-6,11,13H,7-10H2,1H3. The highest BCUT2D eigenvalue weighted by Gasteiger charge is 2.20. The van der Waals surface area contributed by atoms with Gasteiger partial charge in [0.25, 0.3) is 0 Å². The van der Waals surface area contributed by atoms with Crippen molar-refractivity contribution in [3.05, 3.63) is 41.0 Å². The SMILES string of the molecule is CN1CCC(Oc2cccc3nc4ccc(Br)cn4c23)CC1. The number of hydrogen-bond acceptors (Lipinski definition) is 3. The second-order valence-corrected chi connectivity index (χ2v) is 6.85. The molecule has 3 heterocycles. The van der Waals surface area contributed by atoms with Gasteiger partial charge in [0.1, 0.15) is 23.0 Å². The Hall–Kier alpha value is -1.59. The molecule has 4 rings (SSSR count). The Bertz CT molecular complexity index is 821. The number of piperidine rings is 1.